The molecule has 1 N–H and O–H groups in total. The van der Waals surface area contributed by atoms with Crippen LogP contribution in [0.15, 0.2) is 30.5 Å². The fraction of sp³-hybridized carbons (Fsp3) is 0.421. The monoisotopic (exact) mass is 317 g/mol. The van der Waals surface area contributed by atoms with Crippen LogP contribution in [0.2, 0.25) is 0 Å². The average Bonchev–Trinajstić information content (AvgIpc) is 2.53. The zero-order chi connectivity index (χ0) is 17.2. The number of benzene rings is 1. The zero-order valence-corrected chi connectivity index (χ0v) is 14.4. The van der Waals surface area contributed by atoms with Crippen molar-refractivity contribution in [2.24, 2.45) is 5.41 Å². The van der Waals surface area contributed by atoms with E-state index in [1.54, 1.807) is 6.07 Å². The Kier molecular flexibility index (Phi) is 5.05. The molecule has 1 aromatic carbocycles. The highest BCUT2D eigenvalue weighted by atomic mass is 19.1. The Balaban J connectivity index is 2.67. The van der Waals surface area contributed by atoms with E-state index in [2.05, 4.69) is 11.9 Å². The summed E-state index contributed by atoms with van der Waals surface area (Å²) in [5, 5.41) is 10.8. The molecule has 2 aromatic rings. The number of hydrogen-bond donors (Lipinski definition) is 1. The Bertz CT molecular complexity index is 692. The fourth-order valence-electron chi connectivity index (χ4n) is 2.51. The number of ether oxygens (including phenoxy) is 1. The molecule has 0 bridgehead atoms. The number of hydrogen-bond acceptors (Lipinski definition) is 3. The van der Waals surface area contributed by atoms with Gasteiger partial charge in [0.05, 0.1) is 19.4 Å². The molecule has 0 fully saturated rings. The first-order chi connectivity index (χ1) is 10.8. The number of methoxy groups -OCH3 is 1. The van der Waals surface area contributed by atoms with Gasteiger partial charge in [-0.1, -0.05) is 45.9 Å². The Labute approximate surface area is 137 Å². The van der Waals surface area contributed by atoms with Crippen LogP contribution in [0.3, 0.4) is 0 Å². The topological polar surface area (TPSA) is 42.4 Å². The van der Waals surface area contributed by atoms with Crippen molar-refractivity contribution in [1.82, 2.24) is 4.98 Å². The lowest BCUT2D eigenvalue weighted by Crippen LogP contribution is -2.19. The molecule has 1 unspecified atom stereocenters. The van der Waals surface area contributed by atoms with E-state index in [-0.39, 0.29) is 5.41 Å². The maximum absolute atomic E-state index is 14.3. The smallest absolute Gasteiger partial charge is 0.213 e. The number of halogens is 1. The molecule has 4 heteroatoms. The van der Waals surface area contributed by atoms with Gasteiger partial charge in [0.2, 0.25) is 5.88 Å². The van der Waals surface area contributed by atoms with Gasteiger partial charge in [-0.15, -0.1) is 0 Å². The number of nitrogens with zero attached hydrogens (tertiary/aromatic N) is 1. The molecule has 0 spiro atoms. The molecule has 124 valence electrons. The summed E-state index contributed by atoms with van der Waals surface area (Å²) in [5.74, 6) is -0.0884. The van der Waals surface area contributed by atoms with Gasteiger partial charge in [0.15, 0.2) is 0 Å². The number of aliphatic hydroxyl groups is 1. The SMILES string of the molecule is CCc1ccc(-c2cc(OC)ncc2F)c(C(O)C(C)(C)C)c1. The number of pyridine rings is 1. The first-order valence-corrected chi connectivity index (χ1v) is 7.78. The van der Waals surface area contributed by atoms with Crippen molar-refractivity contribution in [3.8, 4) is 17.0 Å². The molecule has 3 nitrogen and oxygen atoms in total. The second kappa shape index (κ2) is 6.67. The van der Waals surface area contributed by atoms with Gasteiger partial charge in [0.25, 0.3) is 0 Å². The van der Waals surface area contributed by atoms with Crippen LogP contribution in [0, 0.1) is 11.2 Å². The van der Waals surface area contributed by atoms with Gasteiger partial charge >= 0.3 is 0 Å². The number of rotatable bonds is 4. The van der Waals surface area contributed by atoms with E-state index in [0.29, 0.717) is 17.0 Å². The average molecular weight is 317 g/mol. The second-order valence-electron chi connectivity index (χ2n) is 6.75. The van der Waals surface area contributed by atoms with E-state index >= 15 is 0 Å². The molecule has 0 amide bonds. The van der Waals surface area contributed by atoms with Crippen molar-refractivity contribution in [3.63, 3.8) is 0 Å². The highest BCUT2D eigenvalue weighted by Crippen LogP contribution is 2.39. The first kappa shape index (κ1) is 17.4. The largest absolute Gasteiger partial charge is 0.481 e. The third-order valence-electron chi connectivity index (χ3n) is 3.97. The Morgan fingerprint density at radius 2 is 1.91 bits per heavy atom. The van der Waals surface area contributed by atoms with Gasteiger partial charge < -0.3 is 9.84 Å². The summed E-state index contributed by atoms with van der Waals surface area (Å²) >= 11 is 0. The molecule has 0 aliphatic carbocycles. The highest BCUT2D eigenvalue weighted by Gasteiger charge is 2.27. The molecule has 0 saturated carbocycles. The van der Waals surface area contributed by atoms with Crippen molar-refractivity contribution in [2.45, 2.75) is 40.2 Å². The molecule has 2 rings (SSSR count). The minimum absolute atomic E-state index is 0.345. The van der Waals surface area contributed by atoms with E-state index in [0.717, 1.165) is 23.7 Å². The van der Waals surface area contributed by atoms with Crippen molar-refractivity contribution in [1.29, 1.82) is 0 Å². The zero-order valence-electron chi connectivity index (χ0n) is 14.4. The van der Waals surface area contributed by atoms with Gasteiger partial charge in [-0.05, 0) is 28.5 Å². The molecule has 1 aromatic heterocycles. The standard InChI is InChI=1S/C19H24FNO2/c1-6-12-7-8-13(15(9-12)18(22)19(2,3)4)14-10-17(23-5)21-11-16(14)20/h7-11,18,22H,6H2,1-5H3. The Hall–Kier alpha value is -1.94. The van der Waals surface area contributed by atoms with E-state index in [4.69, 9.17) is 4.74 Å². The van der Waals surface area contributed by atoms with E-state index in [9.17, 15) is 9.50 Å². The van der Waals surface area contributed by atoms with Gasteiger partial charge in [-0.2, -0.15) is 0 Å². The minimum Gasteiger partial charge on any atom is -0.481 e. The van der Waals surface area contributed by atoms with Gasteiger partial charge in [0.1, 0.15) is 5.82 Å². The van der Waals surface area contributed by atoms with E-state index in [1.165, 1.54) is 7.11 Å². The number of aliphatic hydroxyl groups excluding tert-OH is 1. The van der Waals surface area contributed by atoms with Gasteiger partial charge in [0, 0.05) is 11.6 Å². The van der Waals surface area contributed by atoms with Crippen LogP contribution in [-0.4, -0.2) is 17.2 Å². The summed E-state index contributed by atoms with van der Waals surface area (Å²) in [4.78, 5) is 3.88. The third-order valence-corrected chi connectivity index (χ3v) is 3.97. The van der Waals surface area contributed by atoms with Crippen molar-refractivity contribution in [3.05, 3.63) is 47.4 Å². The normalized spacial score (nSPS) is 13.0. The first-order valence-electron chi connectivity index (χ1n) is 7.78. The quantitative estimate of drug-likeness (QED) is 0.900. The molecular weight excluding hydrogens is 293 g/mol. The van der Waals surface area contributed by atoms with Gasteiger partial charge in [-0.25, -0.2) is 9.37 Å². The lowest BCUT2D eigenvalue weighted by atomic mass is 9.81. The maximum Gasteiger partial charge on any atom is 0.213 e. The highest BCUT2D eigenvalue weighted by molar-refractivity contribution is 5.69. The van der Waals surface area contributed by atoms with Crippen LogP contribution in [0.25, 0.3) is 11.1 Å². The summed E-state index contributed by atoms with van der Waals surface area (Å²) < 4.78 is 19.4. The van der Waals surface area contributed by atoms with E-state index in [1.807, 2.05) is 39.0 Å². The maximum atomic E-state index is 14.3. The molecule has 0 radical (unpaired) electrons. The molecule has 0 saturated heterocycles. The lowest BCUT2D eigenvalue weighted by molar-refractivity contribution is 0.0631. The molecule has 0 aliphatic heterocycles. The molecule has 1 heterocycles. The van der Waals surface area contributed by atoms with Crippen LogP contribution in [0.5, 0.6) is 5.88 Å². The fourth-order valence-corrected chi connectivity index (χ4v) is 2.51. The lowest BCUT2D eigenvalue weighted by Gasteiger charge is -2.28. The van der Waals surface area contributed by atoms with Crippen LogP contribution >= 0.6 is 0 Å². The summed E-state index contributed by atoms with van der Waals surface area (Å²) in [7, 11) is 1.50. The molecule has 1 atom stereocenters. The van der Waals surface area contributed by atoms with Crippen molar-refractivity contribution < 1.29 is 14.2 Å². The molecule has 23 heavy (non-hydrogen) atoms. The van der Waals surface area contributed by atoms with Crippen LogP contribution in [0.4, 0.5) is 4.39 Å². The minimum atomic E-state index is -0.706. The Morgan fingerprint density at radius 1 is 1.22 bits per heavy atom. The predicted octanol–water partition coefficient (Wildman–Crippen LogP) is 4.54. The van der Waals surface area contributed by atoms with Gasteiger partial charge in [-0.3, -0.25) is 0 Å². The van der Waals surface area contributed by atoms with Crippen molar-refractivity contribution >= 4 is 0 Å². The summed E-state index contributed by atoms with van der Waals surface area (Å²) in [6, 6.07) is 7.34. The second-order valence-corrected chi connectivity index (χ2v) is 6.75. The van der Waals surface area contributed by atoms with Crippen LogP contribution < -0.4 is 4.74 Å². The molecule has 0 aliphatic rings. The number of aryl methyl sites for hydroxylation is 1. The summed E-state index contributed by atoms with van der Waals surface area (Å²) in [5.41, 5.74) is 2.53. The summed E-state index contributed by atoms with van der Waals surface area (Å²) in [6.45, 7) is 7.94. The number of aromatic nitrogens is 1. The summed E-state index contributed by atoms with van der Waals surface area (Å²) in [6.07, 6.45) is 1.30. The van der Waals surface area contributed by atoms with Crippen LogP contribution in [-0.2, 0) is 6.42 Å². The van der Waals surface area contributed by atoms with Crippen molar-refractivity contribution in [2.75, 3.05) is 7.11 Å². The Morgan fingerprint density at radius 3 is 2.48 bits per heavy atom. The third kappa shape index (κ3) is 3.70. The predicted molar refractivity (Wildman–Crippen MR) is 90.0 cm³/mol. The van der Waals surface area contributed by atoms with Crippen LogP contribution in [0.1, 0.15) is 44.9 Å². The van der Waals surface area contributed by atoms with E-state index < -0.39 is 11.9 Å². The molecular formula is C19H24FNO2.